The average molecular weight is 277 g/mol. The van der Waals surface area contributed by atoms with E-state index >= 15 is 0 Å². The molecule has 3 heteroatoms. The summed E-state index contributed by atoms with van der Waals surface area (Å²) in [4.78, 5) is 2.46. The summed E-state index contributed by atoms with van der Waals surface area (Å²) in [5.41, 5.74) is 0.965. The van der Waals surface area contributed by atoms with E-state index in [1.807, 2.05) is 12.1 Å². The lowest BCUT2D eigenvalue weighted by molar-refractivity contribution is 0.260. The van der Waals surface area contributed by atoms with Crippen molar-refractivity contribution in [2.24, 2.45) is 11.8 Å². The SMILES string of the molecule is COc1cccc(CN2CCCC(C(C)C)CC2)c1O. The largest absolute Gasteiger partial charge is 0.504 e. The van der Waals surface area contributed by atoms with Gasteiger partial charge in [-0.15, -0.1) is 0 Å². The molecule has 20 heavy (non-hydrogen) atoms. The van der Waals surface area contributed by atoms with Crippen molar-refractivity contribution in [3.05, 3.63) is 23.8 Å². The van der Waals surface area contributed by atoms with Gasteiger partial charge in [-0.2, -0.15) is 0 Å². The van der Waals surface area contributed by atoms with E-state index < -0.39 is 0 Å². The van der Waals surface area contributed by atoms with Crippen LogP contribution < -0.4 is 4.74 Å². The summed E-state index contributed by atoms with van der Waals surface area (Å²) >= 11 is 0. The van der Waals surface area contributed by atoms with E-state index in [4.69, 9.17) is 4.74 Å². The minimum absolute atomic E-state index is 0.291. The molecule has 0 aromatic heterocycles. The minimum Gasteiger partial charge on any atom is -0.504 e. The summed E-state index contributed by atoms with van der Waals surface area (Å²) in [7, 11) is 1.60. The predicted molar refractivity (Wildman–Crippen MR) is 82.1 cm³/mol. The molecule has 3 nitrogen and oxygen atoms in total. The van der Waals surface area contributed by atoms with E-state index in [-0.39, 0.29) is 0 Å². The number of hydrogen-bond acceptors (Lipinski definition) is 3. The smallest absolute Gasteiger partial charge is 0.162 e. The van der Waals surface area contributed by atoms with E-state index in [9.17, 15) is 5.11 Å². The van der Waals surface area contributed by atoms with Crippen LogP contribution >= 0.6 is 0 Å². The van der Waals surface area contributed by atoms with E-state index in [0.29, 0.717) is 11.5 Å². The first-order valence-corrected chi connectivity index (χ1v) is 7.69. The van der Waals surface area contributed by atoms with Crippen molar-refractivity contribution in [2.75, 3.05) is 20.2 Å². The summed E-state index contributed by atoms with van der Waals surface area (Å²) in [6.07, 6.45) is 3.86. The van der Waals surface area contributed by atoms with Crippen molar-refractivity contribution in [3.8, 4) is 11.5 Å². The zero-order chi connectivity index (χ0) is 14.5. The zero-order valence-corrected chi connectivity index (χ0v) is 12.9. The van der Waals surface area contributed by atoms with E-state index in [1.165, 1.54) is 19.3 Å². The van der Waals surface area contributed by atoms with Crippen LogP contribution in [0, 0.1) is 11.8 Å². The van der Waals surface area contributed by atoms with Crippen LogP contribution in [0.2, 0.25) is 0 Å². The Kier molecular flexibility index (Phi) is 5.30. The first-order valence-electron chi connectivity index (χ1n) is 7.69. The molecule has 0 saturated carbocycles. The van der Waals surface area contributed by atoms with Gasteiger partial charge in [0.2, 0.25) is 0 Å². The van der Waals surface area contributed by atoms with Gasteiger partial charge in [0.1, 0.15) is 0 Å². The van der Waals surface area contributed by atoms with Crippen molar-refractivity contribution in [1.29, 1.82) is 0 Å². The zero-order valence-electron chi connectivity index (χ0n) is 12.9. The molecule has 1 aliphatic rings. The molecule has 1 aromatic carbocycles. The molecule has 112 valence electrons. The van der Waals surface area contributed by atoms with Crippen molar-refractivity contribution in [3.63, 3.8) is 0 Å². The lowest BCUT2D eigenvalue weighted by Crippen LogP contribution is -2.24. The summed E-state index contributed by atoms with van der Waals surface area (Å²) < 4.78 is 5.18. The van der Waals surface area contributed by atoms with Crippen LogP contribution in [0.3, 0.4) is 0 Å². The number of phenols is 1. The number of phenolic OH excluding ortho intramolecular Hbond substituents is 1. The van der Waals surface area contributed by atoms with Gasteiger partial charge in [-0.25, -0.2) is 0 Å². The van der Waals surface area contributed by atoms with Gasteiger partial charge in [-0.1, -0.05) is 26.0 Å². The molecule has 0 radical (unpaired) electrons. The van der Waals surface area contributed by atoms with Gasteiger partial charge in [0, 0.05) is 12.1 Å². The Morgan fingerprint density at radius 3 is 2.80 bits per heavy atom. The predicted octanol–water partition coefficient (Wildman–Crippen LogP) is 3.66. The molecule has 0 aliphatic carbocycles. The third kappa shape index (κ3) is 3.66. The Morgan fingerprint density at radius 1 is 1.30 bits per heavy atom. The van der Waals surface area contributed by atoms with Gasteiger partial charge < -0.3 is 9.84 Å². The Hall–Kier alpha value is -1.22. The second-order valence-corrected chi connectivity index (χ2v) is 6.18. The van der Waals surface area contributed by atoms with Gasteiger partial charge in [-0.3, -0.25) is 4.90 Å². The van der Waals surface area contributed by atoms with Crippen molar-refractivity contribution < 1.29 is 9.84 Å². The fraction of sp³-hybridized carbons (Fsp3) is 0.647. The molecular formula is C17H27NO2. The molecule has 1 heterocycles. The van der Waals surface area contributed by atoms with Gasteiger partial charge in [0.15, 0.2) is 11.5 Å². The highest BCUT2D eigenvalue weighted by molar-refractivity contribution is 5.45. The van der Waals surface area contributed by atoms with Gasteiger partial charge in [-0.05, 0) is 50.3 Å². The first-order chi connectivity index (χ1) is 9.61. The average Bonchev–Trinajstić information content (AvgIpc) is 2.67. The summed E-state index contributed by atoms with van der Waals surface area (Å²) in [5.74, 6) is 2.48. The molecule has 1 N–H and O–H groups in total. The van der Waals surface area contributed by atoms with E-state index in [1.54, 1.807) is 13.2 Å². The van der Waals surface area contributed by atoms with Crippen LogP contribution in [-0.2, 0) is 6.54 Å². The number of ether oxygens (including phenoxy) is 1. The fourth-order valence-electron chi connectivity index (χ4n) is 3.11. The van der Waals surface area contributed by atoms with Crippen LogP contribution in [0.15, 0.2) is 18.2 Å². The first kappa shape index (κ1) is 15.2. The number of rotatable bonds is 4. The Morgan fingerprint density at radius 2 is 2.10 bits per heavy atom. The van der Waals surface area contributed by atoms with Gasteiger partial charge >= 0.3 is 0 Å². The molecule has 1 fully saturated rings. The van der Waals surface area contributed by atoms with E-state index in [0.717, 1.165) is 37.0 Å². The second-order valence-electron chi connectivity index (χ2n) is 6.18. The summed E-state index contributed by atoms with van der Waals surface area (Å²) in [6, 6.07) is 5.74. The maximum atomic E-state index is 10.2. The number of methoxy groups -OCH3 is 1. The quantitative estimate of drug-likeness (QED) is 0.911. The molecule has 1 atom stereocenters. The van der Waals surface area contributed by atoms with Crippen molar-refractivity contribution >= 4 is 0 Å². The molecule has 0 amide bonds. The third-order valence-corrected chi connectivity index (χ3v) is 4.50. The Labute approximate surface area is 122 Å². The topological polar surface area (TPSA) is 32.7 Å². The van der Waals surface area contributed by atoms with Crippen LogP contribution in [0.25, 0.3) is 0 Å². The van der Waals surface area contributed by atoms with E-state index in [2.05, 4.69) is 18.7 Å². The molecule has 1 unspecified atom stereocenters. The number of para-hydroxylation sites is 1. The highest BCUT2D eigenvalue weighted by Crippen LogP contribution is 2.31. The summed E-state index contributed by atoms with van der Waals surface area (Å²) in [6.45, 7) is 7.72. The fourth-order valence-corrected chi connectivity index (χ4v) is 3.11. The standard InChI is InChI=1S/C17H27NO2/c1-13(2)14-7-5-10-18(11-9-14)12-15-6-4-8-16(20-3)17(15)19/h4,6,8,13-14,19H,5,7,9-12H2,1-3H3. The van der Waals surface area contributed by atoms with Gasteiger partial charge in [0.05, 0.1) is 7.11 Å². The molecular weight excluding hydrogens is 250 g/mol. The summed E-state index contributed by atoms with van der Waals surface area (Å²) in [5, 5.41) is 10.2. The maximum absolute atomic E-state index is 10.2. The lowest BCUT2D eigenvalue weighted by Gasteiger charge is -2.22. The molecule has 1 aromatic rings. The van der Waals surface area contributed by atoms with Crippen LogP contribution in [0.4, 0.5) is 0 Å². The molecule has 0 spiro atoms. The molecule has 0 bridgehead atoms. The maximum Gasteiger partial charge on any atom is 0.162 e. The third-order valence-electron chi connectivity index (χ3n) is 4.50. The highest BCUT2D eigenvalue weighted by atomic mass is 16.5. The molecule has 1 aliphatic heterocycles. The Balaban J connectivity index is 2.00. The number of nitrogens with zero attached hydrogens (tertiary/aromatic N) is 1. The van der Waals surface area contributed by atoms with Crippen LogP contribution in [-0.4, -0.2) is 30.2 Å². The minimum atomic E-state index is 0.291. The molecule has 2 rings (SSSR count). The normalized spacial score (nSPS) is 20.9. The van der Waals surface area contributed by atoms with Crippen molar-refractivity contribution in [2.45, 2.75) is 39.7 Å². The van der Waals surface area contributed by atoms with Crippen LogP contribution in [0.5, 0.6) is 11.5 Å². The highest BCUT2D eigenvalue weighted by Gasteiger charge is 2.20. The van der Waals surface area contributed by atoms with Crippen LogP contribution in [0.1, 0.15) is 38.7 Å². The molecule has 1 saturated heterocycles. The number of likely N-dealkylation sites (tertiary alicyclic amines) is 1. The number of benzene rings is 1. The van der Waals surface area contributed by atoms with Crippen molar-refractivity contribution in [1.82, 2.24) is 4.90 Å². The number of hydrogen-bond donors (Lipinski definition) is 1. The second kappa shape index (κ2) is 6.98. The monoisotopic (exact) mass is 277 g/mol. The number of aromatic hydroxyl groups is 1. The Bertz CT molecular complexity index is 431. The lowest BCUT2D eigenvalue weighted by atomic mass is 9.89. The van der Waals surface area contributed by atoms with Gasteiger partial charge in [0.25, 0.3) is 0 Å².